The van der Waals surface area contributed by atoms with Crippen LogP contribution in [0.2, 0.25) is 0 Å². The van der Waals surface area contributed by atoms with Crippen molar-refractivity contribution in [3.05, 3.63) is 56.5 Å². The van der Waals surface area contributed by atoms with Gasteiger partial charge < -0.3 is 19.1 Å². The summed E-state index contributed by atoms with van der Waals surface area (Å²) in [5, 5.41) is 14.0. The van der Waals surface area contributed by atoms with E-state index in [4.69, 9.17) is 14.5 Å². The monoisotopic (exact) mass is 653 g/mol. The van der Waals surface area contributed by atoms with Crippen LogP contribution in [-0.4, -0.2) is 40.8 Å². The first kappa shape index (κ1) is 30.1. The second-order valence-electron chi connectivity index (χ2n) is 11.1. The molecule has 1 aliphatic rings. The molecule has 2 aromatic heterocycles. The average Bonchev–Trinajstić information content (AvgIpc) is 3.54. The van der Waals surface area contributed by atoms with E-state index in [0.29, 0.717) is 22.5 Å². The van der Waals surface area contributed by atoms with Gasteiger partial charge in [0.1, 0.15) is 23.7 Å². The normalized spacial score (nSPS) is 14.6. The summed E-state index contributed by atoms with van der Waals surface area (Å²) in [6, 6.07) is 9.51. The average molecular weight is 655 g/mol. The number of fused-ring (bicyclic) bond motifs is 1. The van der Waals surface area contributed by atoms with E-state index in [0.717, 1.165) is 55.5 Å². The maximum absolute atomic E-state index is 13.8. The van der Waals surface area contributed by atoms with Crippen LogP contribution in [-0.2, 0) is 11.3 Å². The number of hydrogen-bond acceptors (Lipinski definition) is 6. The molecule has 2 aromatic carbocycles. The Balaban J connectivity index is 1.59. The molecule has 5 rings (SSSR count). The molecule has 1 amide bonds. The number of rotatable bonds is 9. The van der Waals surface area contributed by atoms with E-state index < -0.39 is 11.9 Å². The zero-order valence-corrected chi connectivity index (χ0v) is 26.9. The number of nitrogens with one attached hydrogen (secondary N) is 1. The van der Waals surface area contributed by atoms with E-state index in [1.807, 2.05) is 38.1 Å². The lowest BCUT2D eigenvalue weighted by Gasteiger charge is -2.27. The number of ether oxygens (including phenoxy) is 2. The van der Waals surface area contributed by atoms with Gasteiger partial charge in [0.05, 0.1) is 29.9 Å². The van der Waals surface area contributed by atoms with Gasteiger partial charge in [-0.3, -0.25) is 14.9 Å². The molecule has 8 nitrogen and oxygen atoms in total. The fraction of sp³-hybridized carbons (Fsp3) is 0.406. The first-order valence-corrected chi connectivity index (χ1v) is 15.8. The number of amides is 1. The van der Waals surface area contributed by atoms with Crippen LogP contribution in [0, 0.1) is 19.8 Å². The number of aliphatic carboxylic acids is 1. The molecule has 0 radical (unpaired) electrons. The number of carbonyl (C=O) groups is 2. The zero-order valence-electron chi connectivity index (χ0n) is 24.5. The lowest BCUT2D eigenvalue weighted by Crippen LogP contribution is -2.20. The smallest absolute Gasteiger partial charge is 0.323 e. The van der Waals surface area contributed by atoms with Crippen LogP contribution in [0.3, 0.4) is 0 Å². The number of nitrogens with zero attached hydrogens (tertiary/aromatic N) is 2. The maximum Gasteiger partial charge on any atom is 0.323 e. The summed E-state index contributed by atoms with van der Waals surface area (Å²) in [5.74, 6) is 0.626. The minimum absolute atomic E-state index is 0.234. The highest BCUT2D eigenvalue weighted by atomic mass is 79.9. The van der Waals surface area contributed by atoms with E-state index in [9.17, 15) is 14.7 Å². The lowest BCUT2D eigenvalue weighted by atomic mass is 9.79. The number of carboxylic acids is 1. The predicted molar refractivity (Wildman–Crippen MR) is 170 cm³/mol. The highest BCUT2D eigenvalue weighted by Gasteiger charge is 2.29. The minimum Gasteiger partial charge on any atom is -0.496 e. The molecule has 1 aliphatic carbocycles. The van der Waals surface area contributed by atoms with Crippen molar-refractivity contribution in [2.75, 3.05) is 19.5 Å². The first-order chi connectivity index (χ1) is 20.1. The van der Waals surface area contributed by atoms with Crippen molar-refractivity contribution in [2.24, 2.45) is 5.92 Å². The number of carboxylic acid groups (broad SMARTS) is 1. The van der Waals surface area contributed by atoms with Gasteiger partial charge in [0.25, 0.3) is 5.91 Å². The Morgan fingerprint density at radius 3 is 2.48 bits per heavy atom. The highest BCUT2D eigenvalue weighted by molar-refractivity contribution is 9.10. The molecular formula is C32H36BrN3O5S. The second kappa shape index (κ2) is 12.5. The molecule has 10 heteroatoms. The van der Waals surface area contributed by atoms with Gasteiger partial charge in [-0.15, -0.1) is 11.3 Å². The fourth-order valence-corrected chi connectivity index (χ4v) is 7.87. The summed E-state index contributed by atoms with van der Waals surface area (Å²) in [6.07, 6.45) is 6.03. The zero-order chi connectivity index (χ0) is 30.1. The molecule has 0 aliphatic heterocycles. The quantitative estimate of drug-likeness (QED) is 0.189. The van der Waals surface area contributed by atoms with E-state index >= 15 is 0 Å². The number of anilines is 1. The Labute approximate surface area is 258 Å². The van der Waals surface area contributed by atoms with E-state index in [-0.39, 0.29) is 18.2 Å². The van der Waals surface area contributed by atoms with Crippen molar-refractivity contribution in [1.82, 2.24) is 9.55 Å². The first-order valence-electron chi connectivity index (χ1n) is 14.2. The standard InChI is InChI=1S/C32H36BrN3O5S/c1-17-11-18(2)29-21(12-17)13-24(36(29)16-27(37)38)31(39)35-32-34-28(22-14-23(33)26(41-5)15-25(22)40-4)30(42-32)19(3)20-9-7-6-8-10-20/h11-15,19-20H,6-10,16H2,1-5H3,(H,37,38)(H,34,35,39). The Morgan fingerprint density at radius 2 is 1.81 bits per heavy atom. The summed E-state index contributed by atoms with van der Waals surface area (Å²) in [7, 11) is 3.23. The summed E-state index contributed by atoms with van der Waals surface area (Å²) in [5.41, 5.74) is 4.57. The lowest BCUT2D eigenvalue weighted by molar-refractivity contribution is -0.137. The van der Waals surface area contributed by atoms with Crippen molar-refractivity contribution < 1.29 is 24.2 Å². The van der Waals surface area contributed by atoms with E-state index in [1.54, 1.807) is 24.9 Å². The number of hydrogen-bond donors (Lipinski definition) is 2. The van der Waals surface area contributed by atoms with Crippen LogP contribution >= 0.6 is 27.3 Å². The third kappa shape index (κ3) is 5.92. The van der Waals surface area contributed by atoms with Crippen LogP contribution in [0.5, 0.6) is 11.5 Å². The molecule has 42 heavy (non-hydrogen) atoms. The Bertz CT molecular complexity index is 1650. The van der Waals surface area contributed by atoms with Gasteiger partial charge in [-0.05, 0) is 78.2 Å². The van der Waals surface area contributed by atoms with Crippen molar-refractivity contribution in [1.29, 1.82) is 0 Å². The number of halogens is 1. The molecule has 0 saturated heterocycles. The third-order valence-electron chi connectivity index (χ3n) is 8.23. The summed E-state index contributed by atoms with van der Waals surface area (Å²) in [4.78, 5) is 31.6. The maximum atomic E-state index is 13.8. The molecule has 4 aromatic rings. The Morgan fingerprint density at radius 1 is 1.10 bits per heavy atom. The highest BCUT2D eigenvalue weighted by Crippen LogP contribution is 2.47. The number of aryl methyl sites for hydroxylation is 2. The number of aromatic nitrogens is 2. The number of carbonyl (C=O) groups excluding carboxylic acids is 1. The fourth-order valence-electron chi connectivity index (χ4n) is 6.25. The van der Waals surface area contributed by atoms with Gasteiger partial charge in [0.15, 0.2) is 5.13 Å². The summed E-state index contributed by atoms with van der Waals surface area (Å²) < 4.78 is 13.6. The predicted octanol–water partition coefficient (Wildman–Crippen LogP) is 8.18. The van der Waals surface area contributed by atoms with Gasteiger partial charge in [0.2, 0.25) is 0 Å². The number of thiazole rings is 1. The van der Waals surface area contributed by atoms with Crippen LogP contribution < -0.4 is 14.8 Å². The van der Waals surface area contributed by atoms with Gasteiger partial charge in [-0.1, -0.05) is 37.8 Å². The van der Waals surface area contributed by atoms with E-state index in [2.05, 4.69) is 28.2 Å². The third-order valence-corrected chi connectivity index (χ3v) is 10.0. The number of methoxy groups -OCH3 is 2. The topological polar surface area (TPSA) is 103 Å². The van der Waals surface area contributed by atoms with Crippen molar-refractivity contribution in [3.8, 4) is 22.8 Å². The van der Waals surface area contributed by atoms with Gasteiger partial charge >= 0.3 is 5.97 Å². The Hall–Kier alpha value is -3.37. The summed E-state index contributed by atoms with van der Waals surface area (Å²) >= 11 is 5.09. The van der Waals surface area contributed by atoms with E-state index in [1.165, 1.54) is 30.6 Å². The summed E-state index contributed by atoms with van der Waals surface area (Å²) in [6.45, 7) is 5.85. The van der Waals surface area contributed by atoms with Crippen molar-refractivity contribution in [3.63, 3.8) is 0 Å². The second-order valence-corrected chi connectivity index (χ2v) is 13.0. The molecule has 1 atom stereocenters. The van der Waals surface area contributed by atoms with Gasteiger partial charge in [-0.2, -0.15) is 0 Å². The van der Waals surface area contributed by atoms with Gasteiger partial charge in [-0.25, -0.2) is 4.98 Å². The SMILES string of the molecule is COc1cc(OC)c(-c2nc(NC(=O)c3cc4cc(C)cc(C)c4n3CC(=O)O)sc2C(C)C2CCCCC2)cc1Br. The van der Waals surface area contributed by atoms with Crippen LogP contribution in [0.15, 0.2) is 34.8 Å². The molecule has 1 fully saturated rings. The molecule has 0 spiro atoms. The van der Waals surface area contributed by atoms with Crippen LogP contribution in [0.25, 0.3) is 22.2 Å². The number of benzene rings is 2. The molecule has 2 heterocycles. The molecule has 1 saturated carbocycles. The molecule has 222 valence electrons. The van der Waals surface area contributed by atoms with Crippen molar-refractivity contribution >= 4 is 55.2 Å². The minimum atomic E-state index is -1.01. The molecule has 1 unspecified atom stereocenters. The largest absolute Gasteiger partial charge is 0.496 e. The van der Waals surface area contributed by atoms with Crippen molar-refractivity contribution in [2.45, 2.75) is 65.3 Å². The molecule has 2 N–H and O–H groups in total. The molecular weight excluding hydrogens is 618 g/mol. The van der Waals surface area contributed by atoms with Crippen LogP contribution in [0.4, 0.5) is 5.13 Å². The van der Waals surface area contributed by atoms with Gasteiger partial charge in [0, 0.05) is 21.9 Å². The molecule has 0 bridgehead atoms. The Kier molecular flexibility index (Phi) is 8.94. The van der Waals surface area contributed by atoms with Crippen LogP contribution in [0.1, 0.15) is 71.4 Å².